The maximum absolute atomic E-state index is 10.6. The quantitative estimate of drug-likeness (QED) is 0.602. The molecule has 1 aliphatic heterocycles. The third-order valence-corrected chi connectivity index (χ3v) is 1.95. The van der Waals surface area contributed by atoms with E-state index >= 15 is 0 Å². The van der Waals surface area contributed by atoms with Gasteiger partial charge in [0.1, 0.15) is 0 Å². The Labute approximate surface area is 67.7 Å². The van der Waals surface area contributed by atoms with Crippen molar-refractivity contribution in [3.63, 3.8) is 0 Å². The largest absolute Gasteiger partial charge is 0.310 e. The fraction of sp³-hybridized carbons (Fsp3) is 0.667. The Balaban J connectivity index is 2.33. The molecule has 1 saturated heterocycles. The first-order valence-corrected chi connectivity index (χ1v) is 4.10. The Morgan fingerprint density at radius 2 is 2.36 bits per heavy atom. The summed E-state index contributed by atoms with van der Waals surface area (Å²) >= 11 is 0. The summed E-state index contributed by atoms with van der Waals surface area (Å²) in [6.07, 6.45) is 4.77. The predicted molar refractivity (Wildman–Crippen MR) is 45.4 cm³/mol. The van der Waals surface area contributed by atoms with Crippen LogP contribution in [0.25, 0.3) is 0 Å². The molecule has 62 valence electrons. The van der Waals surface area contributed by atoms with E-state index in [9.17, 15) is 4.79 Å². The molecule has 0 aromatic carbocycles. The molecule has 0 bridgehead atoms. The fourth-order valence-corrected chi connectivity index (χ4v) is 1.35. The molecule has 1 heterocycles. The van der Waals surface area contributed by atoms with Crippen LogP contribution < -0.4 is 5.32 Å². The molecule has 2 nitrogen and oxygen atoms in total. The van der Waals surface area contributed by atoms with E-state index in [0.29, 0.717) is 6.04 Å². The van der Waals surface area contributed by atoms with Gasteiger partial charge in [-0.1, -0.05) is 13.0 Å². The molecule has 1 aliphatic rings. The van der Waals surface area contributed by atoms with Crippen LogP contribution >= 0.6 is 0 Å². The lowest BCUT2D eigenvalue weighted by molar-refractivity contribution is -0.112. The first-order chi connectivity index (χ1) is 5.18. The molecule has 0 aliphatic carbocycles. The van der Waals surface area contributed by atoms with E-state index in [4.69, 9.17) is 0 Å². The van der Waals surface area contributed by atoms with Gasteiger partial charge < -0.3 is 5.32 Å². The van der Waals surface area contributed by atoms with Gasteiger partial charge in [0.2, 0.25) is 0 Å². The minimum atomic E-state index is 0.131. The molecule has 1 fully saturated rings. The molecule has 0 amide bonds. The fourth-order valence-electron chi connectivity index (χ4n) is 1.35. The van der Waals surface area contributed by atoms with Crippen molar-refractivity contribution < 1.29 is 4.79 Å². The van der Waals surface area contributed by atoms with E-state index in [2.05, 4.69) is 12.2 Å². The number of hydrogen-bond acceptors (Lipinski definition) is 2. The van der Waals surface area contributed by atoms with Gasteiger partial charge in [-0.3, -0.25) is 4.79 Å². The lowest BCUT2D eigenvalue weighted by Gasteiger charge is -2.00. The number of rotatable bonds is 2. The van der Waals surface area contributed by atoms with Crippen LogP contribution in [0.3, 0.4) is 0 Å². The van der Waals surface area contributed by atoms with Crippen molar-refractivity contribution in [1.82, 2.24) is 5.32 Å². The summed E-state index contributed by atoms with van der Waals surface area (Å²) in [5.41, 5.74) is 0. The Kier molecular flexibility index (Phi) is 2.83. The molecular formula is C9H15NO. The van der Waals surface area contributed by atoms with Crippen LogP contribution in [0.1, 0.15) is 20.3 Å². The van der Waals surface area contributed by atoms with E-state index in [1.165, 1.54) is 0 Å². The summed E-state index contributed by atoms with van der Waals surface area (Å²) in [6.45, 7) is 4.87. The Morgan fingerprint density at radius 1 is 1.64 bits per heavy atom. The van der Waals surface area contributed by atoms with Crippen molar-refractivity contribution in [3.05, 3.63) is 12.2 Å². The first kappa shape index (κ1) is 8.47. The third-order valence-electron chi connectivity index (χ3n) is 1.95. The van der Waals surface area contributed by atoms with Crippen molar-refractivity contribution in [2.24, 2.45) is 5.92 Å². The van der Waals surface area contributed by atoms with Crippen LogP contribution in [0, 0.1) is 5.92 Å². The van der Waals surface area contributed by atoms with Gasteiger partial charge in [-0.15, -0.1) is 0 Å². The second-order valence-electron chi connectivity index (χ2n) is 3.33. The number of hydrogen-bond donors (Lipinski definition) is 1. The highest BCUT2D eigenvalue weighted by atomic mass is 16.1. The van der Waals surface area contributed by atoms with Crippen LogP contribution in [0.5, 0.6) is 0 Å². The summed E-state index contributed by atoms with van der Waals surface area (Å²) in [4.78, 5) is 10.6. The number of ketones is 1. The van der Waals surface area contributed by atoms with Crippen molar-refractivity contribution in [2.75, 3.05) is 6.54 Å². The van der Waals surface area contributed by atoms with Crippen LogP contribution in [0.15, 0.2) is 12.2 Å². The zero-order valence-corrected chi connectivity index (χ0v) is 7.13. The number of carbonyl (C=O) groups is 1. The van der Waals surface area contributed by atoms with Crippen LogP contribution in [-0.2, 0) is 4.79 Å². The molecule has 0 spiro atoms. The lowest BCUT2D eigenvalue weighted by Crippen LogP contribution is -2.18. The monoisotopic (exact) mass is 153 g/mol. The minimum Gasteiger partial charge on any atom is -0.310 e. The summed E-state index contributed by atoms with van der Waals surface area (Å²) < 4.78 is 0. The van der Waals surface area contributed by atoms with E-state index < -0.39 is 0 Å². The first-order valence-electron chi connectivity index (χ1n) is 4.10. The molecule has 0 aromatic rings. The number of carbonyl (C=O) groups excluding carboxylic acids is 1. The van der Waals surface area contributed by atoms with Crippen molar-refractivity contribution in [3.8, 4) is 0 Å². The van der Waals surface area contributed by atoms with Gasteiger partial charge in [0, 0.05) is 6.04 Å². The average Bonchev–Trinajstić information content (AvgIpc) is 2.31. The van der Waals surface area contributed by atoms with Crippen LogP contribution in [0.2, 0.25) is 0 Å². The Morgan fingerprint density at radius 3 is 2.82 bits per heavy atom. The molecule has 2 heteroatoms. The highest BCUT2D eigenvalue weighted by Crippen LogP contribution is 2.13. The van der Waals surface area contributed by atoms with Crippen molar-refractivity contribution in [2.45, 2.75) is 26.3 Å². The average molecular weight is 153 g/mol. The summed E-state index contributed by atoms with van der Waals surface area (Å²) in [5.74, 6) is 0.878. The van der Waals surface area contributed by atoms with E-state index in [0.717, 1.165) is 18.9 Å². The molecule has 0 radical (unpaired) electrons. The highest BCUT2D eigenvalue weighted by molar-refractivity contribution is 5.87. The number of nitrogens with one attached hydrogen (secondary N) is 1. The summed E-state index contributed by atoms with van der Waals surface area (Å²) in [5, 5.41) is 3.32. The maximum Gasteiger partial charge on any atom is 0.152 e. The maximum atomic E-state index is 10.6. The molecule has 0 unspecified atom stereocenters. The minimum absolute atomic E-state index is 0.131. The van der Waals surface area contributed by atoms with Gasteiger partial charge in [0.05, 0.1) is 0 Å². The highest BCUT2D eigenvalue weighted by Gasteiger charge is 2.17. The van der Waals surface area contributed by atoms with Gasteiger partial charge in [-0.25, -0.2) is 0 Å². The second-order valence-corrected chi connectivity index (χ2v) is 3.33. The predicted octanol–water partition coefficient (Wildman–Crippen LogP) is 1.13. The summed E-state index contributed by atoms with van der Waals surface area (Å²) in [7, 11) is 0. The Bertz CT molecular complexity index is 174. The van der Waals surface area contributed by atoms with Gasteiger partial charge >= 0.3 is 0 Å². The van der Waals surface area contributed by atoms with Gasteiger partial charge in [-0.05, 0) is 31.9 Å². The van der Waals surface area contributed by atoms with E-state index in [-0.39, 0.29) is 5.78 Å². The molecule has 0 saturated carbocycles. The zero-order valence-electron chi connectivity index (χ0n) is 7.13. The molecule has 11 heavy (non-hydrogen) atoms. The smallest absolute Gasteiger partial charge is 0.152 e. The zero-order chi connectivity index (χ0) is 8.27. The van der Waals surface area contributed by atoms with Crippen LogP contribution in [0.4, 0.5) is 0 Å². The van der Waals surface area contributed by atoms with Crippen molar-refractivity contribution >= 4 is 5.78 Å². The molecular weight excluding hydrogens is 138 g/mol. The van der Waals surface area contributed by atoms with Gasteiger partial charge in [-0.2, -0.15) is 0 Å². The van der Waals surface area contributed by atoms with Gasteiger partial charge in [0.15, 0.2) is 5.78 Å². The van der Waals surface area contributed by atoms with E-state index in [1.54, 1.807) is 13.0 Å². The SMILES string of the molecule is CC(=O)/C=C/[C@H]1C[C@H](C)CN1. The van der Waals surface area contributed by atoms with Gasteiger partial charge in [0.25, 0.3) is 0 Å². The summed E-state index contributed by atoms with van der Waals surface area (Å²) in [6, 6.07) is 0.425. The number of allylic oxidation sites excluding steroid dienone is 1. The standard InChI is InChI=1S/C9H15NO/c1-7-5-9(10-6-7)4-3-8(2)11/h3-4,7,9-10H,5-6H2,1-2H3/b4-3+/t7-,9-/m0/s1. The Hall–Kier alpha value is -0.630. The van der Waals surface area contributed by atoms with E-state index in [1.807, 2.05) is 6.08 Å². The molecule has 1 rings (SSSR count). The van der Waals surface area contributed by atoms with Crippen molar-refractivity contribution in [1.29, 1.82) is 0 Å². The van der Waals surface area contributed by atoms with Crippen LogP contribution in [-0.4, -0.2) is 18.4 Å². The molecule has 0 aromatic heterocycles. The molecule has 2 atom stereocenters. The molecule has 1 N–H and O–H groups in total. The lowest BCUT2D eigenvalue weighted by atomic mass is 10.1. The normalized spacial score (nSPS) is 31.5. The topological polar surface area (TPSA) is 29.1 Å². The second kappa shape index (κ2) is 3.67. The third kappa shape index (κ3) is 2.85.